The molecule has 0 fully saturated rings. The maximum atomic E-state index is 4.53. The summed E-state index contributed by atoms with van der Waals surface area (Å²) < 4.78 is 0. The zero-order chi connectivity index (χ0) is 38.7. The van der Waals surface area contributed by atoms with Crippen molar-refractivity contribution >= 4 is 28.7 Å². The molecule has 0 aliphatic carbocycles. The molecule has 1 aromatic heterocycles. The Morgan fingerprint density at radius 1 is 0.400 bits per heavy atom. The molecule has 0 bridgehead atoms. The summed E-state index contributed by atoms with van der Waals surface area (Å²) in [4.78, 5) is 7.22. The number of hydrogen-bond acceptors (Lipinski definition) is 2. The first-order chi connectivity index (χ1) is 27.3. The van der Waals surface area contributed by atoms with E-state index in [9.17, 15) is 0 Å². The quantitative estimate of drug-likeness (QED) is 0.0546. The molecule has 0 saturated heterocycles. The van der Waals surface area contributed by atoms with Crippen molar-refractivity contribution < 1.29 is 0 Å². The van der Waals surface area contributed by atoms with Gasteiger partial charge in [0.1, 0.15) is 0 Å². The smallest absolute Gasteiger partial charge is 0.0707 e. The highest BCUT2D eigenvalue weighted by molar-refractivity contribution is 5.90. The molecule has 0 atom stereocenters. The van der Waals surface area contributed by atoms with Crippen LogP contribution in [0, 0.1) is 0 Å². The number of pyridine rings is 1. The second kappa shape index (κ2) is 33.5. The fourth-order valence-electron chi connectivity index (χ4n) is 8.32. The number of hydrogen-bond donors (Lipinski definition) is 0. The van der Waals surface area contributed by atoms with Gasteiger partial charge in [0.15, 0.2) is 0 Å². The van der Waals surface area contributed by atoms with Gasteiger partial charge in [0.25, 0.3) is 0 Å². The van der Waals surface area contributed by atoms with Crippen molar-refractivity contribution in [3.63, 3.8) is 0 Å². The molecular weight excluding hydrogens is 665 g/mol. The van der Waals surface area contributed by atoms with Gasteiger partial charge >= 0.3 is 0 Å². The topological polar surface area (TPSA) is 16.1 Å². The molecule has 3 rings (SSSR count). The number of aromatic nitrogens is 1. The van der Waals surface area contributed by atoms with Crippen molar-refractivity contribution in [2.45, 2.75) is 219 Å². The summed E-state index contributed by atoms with van der Waals surface area (Å²) in [5.41, 5.74) is 4.94. The Morgan fingerprint density at radius 3 is 1.20 bits per heavy atom. The minimum Gasteiger partial charge on any atom is -0.372 e. The van der Waals surface area contributed by atoms with Crippen LogP contribution in [0.2, 0.25) is 0 Å². The van der Waals surface area contributed by atoms with Crippen molar-refractivity contribution in [3.05, 3.63) is 71.9 Å². The van der Waals surface area contributed by atoms with Crippen LogP contribution in [0.3, 0.4) is 0 Å². The molecule has 0 aliphatic heterocycles. The van der Waals surface area contributed by atoms with Gasteiger partial charge in [0.05, 0.1) is 5.52 Å². The van der Waals surface area contributed by atoms with Crippen molar-refractivity contribution in [2.24, 2.45) is 0 Å². The van der Waals surface area contributed by atoms with Crippen LogP contribution in [0.1, 0.15) is 230 Å². The van der Waals surface area contributed by atoms with E-state index in [1.165, 1.54) is 241 Å². The average molecular weight is 751 g/mol. The third-order valence-electron chi connectivity index (χ3n) is 12.0. The van der Waals surface area contributed by atoms with Gasteiger partial charge in [0.2, 0.25) is 0 Å². The molecule has 0 amide bonds. The first-order valence-corrected chi connectivity index (χ1v) is 24.2. The molecular formula is C53H86N2. The van der Waals surface area contributed by atoms with Gasteiger partial charge < -0.3 is 4.90 Å². The Bertz CT molecular complexity index is 1270. The van der Waals surface area contributed by atoms with Crippen molar-refractivity contribution in [1.82, 2.24) is 4.98 Å². The Morgan fingerprint density at radius 2 is 0.782 bits per heavy atom. The Labute approximate surface area is 341 Å². The highest BCUT2D eigenvalue weighted by Crippen LogP contribution is 2.23. The number of fused-ring (bicyclic) bond motifs is 1. The lowest BCUT2D eigenvalue weighted by Gasteiger charge is -2.25. The SMILES string of the molecule is CCCCCCCCCCCCCCCCCCN(CCCCCCCCCCCCCCCCCC)c1ccc(/C=C/c2ccnc3ccccc23)cc1. The number of benzene rings is 2. The zero-order valence-electron chi connectivity index (χ0n) is 36.4. The summed E-state index contributed by atoms with van der Waals surface area (Å²) in [5.74, 6) is 0. The monoisotopic (exact) mass is 751 g/mol. The van der Waals surface area contributed by atoms with Crippen LogP contribution in [0.5, 0.6) is 0 Å². The molecule has 2 heteroatoms. The van der Waals surface area contributed by atoms with Crippen LogP contribution in [0.15, 0.2) is 60.8 Å². The maximum Gasteiger partial charge on any atom is 0.0707 e. The lowest BCUT2D eigenvalue weighted by Crippen LogP contribution is -2.25. The lowest BCUT2D eigenvalue weighted by molar-refractivity contribution is 0.524. The molecule has 0 saturated carbocycles. The molecule has 308 valence electrons. The highest BCUT2D eigenvalue weighted by Gasteiger charge is 2.07. The van der Waals surface area contributed by atoms with E-state index in [1.807, 2.05) is 6.20 Å². The van der Waals surface area contributed by atoms with Crippen molar-refractivity contribution in [1.29, 1.82) is 0 Å². The summed E-state index contributed by atoms with van der Waals surface area (Å²) in [6.45, 7) is 7.00. The van der Waals surface area contributed by atoms with Crippen LogP contribution >= 0.6 is 0 Å². The predicted molar refractivity (Wildman–Crippen MR) is 248 cm³/mol. The van der Waals surface area contributed by atoms with Gasteiger partial charge in [-0.05, 0) is 48.2 Å². The number of para-hydroxylation sites is 1. The molecule has 0 spiro atoms. The Kier molecular flexibility index (Phi) is 28.5. The minimum absolute atomic E-state index is 1.05. The zero-order valence-corrected chi connectivity index (χ0v) is 36.4. The van der Waals surface area contributed by atoms with Crippen molar-refractivity contribution in [3.8, 4) is 0 Å². The van der Waals surface area contributed by atoms with Crippen LogP contribution in [0.4, 0.5) is 5.69 Å². The fraction of sp³-hybridized carbons (Fsp3) is 0.679. The van der Waals surface area contributed by atoms with E-state index in [4.69, 9.17) is 0 Å². The van der Waals surface area contributed by atoms with E-state index in [0.717, 1.165) is 5.52 Å². The number of nitrogens with zero attached hydrogens (tertiary/aromatic N) is 2. The van der Waals surface area contributed by atoms with Gasteiger partial charge in [0, 0.05) is 30.4 Å². The summed E-state index contributed by atoms with van der Waals surface area (Å²) in [7, 11) is 0. The summed E-state index contributed by atoms with van der Waals surface area (Å²) in [5, 5.41) is 1.21. The lowest BCUT2D eigenvalue weighted by atomic mass is 10.0. The minimum atomic E-state index is 1.05. The third-order valence-corrected chi connectivity index (χ3v) is 12.0. The van der Waals surface area contributed by atoms with E-state index >= 15 is 0 Å². The maximum absolute atomic E-state index is 4.53. The predicted octanol–water partition coefficient (Wildman–Crippen LogP) is 17.7. The second-order valence-electron chi connectivity index (χ2n) is 16.9. The number of rotatable bonds is 37. The van der Waals surface area contributed by atoms with E-state index in [1.54, 1.807) is 0 Å². The van der Waals surface area contributed by atoms with Crippen LogP contribution in [-0.4, -0.2) is 18.1 Å². The second-order valence-corrected chi connectivity index (χ2v) is 16.9. The van der Waals surface area contributed by atoms with Gasteiger partial charge in [-0.2, -0.15) is 0 Å². The number of unbranched alkanes of at least 4 members (excludes halogenated alkanes) is 30. The third kappa shape index (κ3) is 23.3. The van der Waals surface area contributed by atoms with Gasteiger partial charge in [-0.25, -0.2) is 0 Å². The Hall–Kier alpha value is -2.61. The van der Waals surface area contributed by atoms with Gasteiger partial charge in [-0.1, -0.05) is 249 Å². The summed E-state index contributed by atoms with van der Waals surface area (Å²) in [6, 6.07) is 19.9. The van der Waals surface area contributed by atoms with E-state index in [-0.39, 0.29) is 0 Å². The molecule has 2 nitrogen and oxygen atoms in total. The van der Waals surface area contributed by atoms with Crippen LogP contribution in [0.25, 0.3) is 23.1 Å². The molecule has 2 aromatic carbocycles. The highest BCUT2D eigenvalue weighted by atomic mass is 15.1. The van der Waals surface area contributed by atoms with E-state index < -0.39 is 0 Å². The summed E-state index contributed by atoms with van der Waals surface area (Å²) in [6.07, 6.45) is 52.1. The molecule has 0 unspecified atom stereocenters. The van der Waals surface area contributed by atoms with Gasteiger partial charge in [-0.3, -0.25) is 4.98 Å². The fourth-order valence-corrected chi connectivity index (χ4v) is 8.32. The molecule has 3 aromatic rings. The van der Waals surface area contributed by atoms with Gasteiger partial charge in [-0.15, -0.1) is 0 Å². The largest absolute Gasteiger partial charge is 0.372 e. The average Bonchev–Trinajstić information content (AvgIpc) is 3.22. The first kappa shape index (κ1) is 46.8. The molecule has 1 heterocycles. The first-order valence-electron chi connectivity index (χ1n) is 24.2. The number of anilines is 1. The van der Waals surface area contributed by atoms with Crippen LogP contribution in [-0.2, 0) is 0 Å². The molecule has 55 heavy (non-hydrogen) atoms. The van der Waals surface area contributed by atoms with Crippen molar-refractivity contribution in [2.75, 3.05) is 18.0 Å². The standard InChI is InChI=1S/C53H86N2/c1-3-5-7-9-11-13-15-17-19-21-23-25-27-29-31-35-47-55(48-36-32-30-28-26-24-22-20-18-16-14-12-10-8-6-4-2)51-43-40-49(41-44-51)39-42-50-45-46-54-53-38-34-33-37-52(50)53/h33-34,37-46H,3-32,35-36,47-48H2,1-2H3/b42-39+. The van der Waals surface area contributed by atoms with Crippen LogP contribution < -0.4 is 4.90 Å². The molecule has 0 aliphatic rings. The summed E-state index contributed by atoms with van der Waals surface area (Å²) >= 11 is 0. The Balaban J connectivity index is 1.32. The molecule has 0 N–H and O–H groups in total. The normalized spacial score (nSPS) is 11.7. The molecule has 0 radical (unpaired) electrons. The van der Waals surface area contributed by atoms with E-state index in [0.29, 0.717) is 0 Å². The van der Waals surface area contributed by atoms with E-state index in [2.05, 4.69) is 90.5 Å².